The second-order valence-corrected chi connectivity index (χ2v) is 3.86. The molecule has 0 amide bonds. The highest BCUT2D eigenvalue weighted by Crippen LogP contribution is 2.29. The Morgan fingerprint density at radius 3 is 2.61 bits per heavy atom. The fourth-order valence-electron chi connectivity index (χ4n) is 1.61. The molecule has 5 heteroatoms. The lowest BCUT2D eigenvalue weighted by molar-refractivity contribution is 0.418. The maximum Gasteiger partial charge on any atom is 0.241 e. The molecule has 1 heterocycles. The van der Waals surface area contributed by atoms with Crippen molar-refractivity contribution in [3.05, 3.63) is 35.5 Å². The van der Waals surface area contributed by atoms with Gasteiger partial charge in [0.2, 0.25) is 5.88 Å². The van der Waals surface area contributed by atoms with Crippen molar-refractivity contribution < 1.29 is 4.74 Å². The van der Waals surface area contributed by atoms with Gasteiger partial charge in [-0.2, -0.15) is 10.4 Å². The standard InChI is InChI=1S/C13H14N4O/c1-3-17-13(12(15)9(2)16-17)18-11-6-4-10(8-14)5-7-11/h4-7H,3,15H2,1-2H3. The highest BCUT2D eigenvalue weighted by molar-refractivity contribution is 5.54. The van der Waals surface area contributed by atoms with E-state index >= 15 is 0 Å². The molecule has 2 N–H and O–H groups in total. The van der Waals surface area contributed by atoms with Crippen molar-refractivity contribution in [3.63, 3.8) is 0 Å². The minimum Gasteiger partial charge on any atom is -0.437 e. The Hall–Kier alpha value is -2.48. The van der Waals surface area contributed by atoms with Gasteiger partial charge >= 0.3 is 0 Å². The first-order valence-corrected chi connectivity index (χ1v) is 5.66. The van der Waals surface area contributed by atoms with E-state index in [1.54, 1.807) is 28.9 Å². The number of nitriles is 1. The predicted molar refractivity (Wildman–Crippen MR) is 68.3 cm³/mol. The highest BCUT2D eigenvalue weighted by atomic mass is 16.5. The number of rotatable bonds is 3. The number of nitrogens with zero attached hydrogens (tertiary/aromatic N) is 3. The molecule has 0 saturated heterocycles. The van der Waals surface area contributed by atoms with Gasteiger partial charge in [0.1, 0.15) is 11.4 Å². The Morgan fingerprint density at radius 2 is 2.06 bits per heavy atom. The van der Waals surface area contributed by atoms with E-state index in [2.05, 4.69) is 11.2 Å². The molecule has 18 heavy (non-hydrogen) atoms. The van der Waals surface area contributed by atoms with Gasteiger partial charge in [-0.3, -0.25) is 0 Å². The molecule has 1 aromatic carbocycles. The van der Waals surface area contributed by atoms with Crippen LogP contribution < -0.4 is 10.5 Å². The number of anilines is 1. The number of nitrogen functional groups attached to an aromatic ring is 1. The average molecular weight is 242 g/mol. The molecule has 5 nitrogen and oxygen atoms in total. The monoisotopic (exact) mass is 242 g/mol. The van der Waals surface area contributed by atoms with Gasteiger partial charge in [0, 0.05) is 6.54 Å². The third kappa shape index (κ3) is 2.13. The number of aromatic nitrogens is 2. The van der Waals surface area contributed by atoms with E-state index in [-0.39, 0.29) is 0 Å². The van der Waals surface area contributed by atoms with Crippen LogP contribution in [0.1, 0.15) is 18.2 Å². The van der Waals surface area contributed by atoms with Crippen molar-refractivity contribution in [2.75, 3.05) is 5.73 Å². The predicted octanol–water partition coefficient (Wildman–Crippen LogP) is 2.46. The van der Waals surface area contributed by atoms with Gasteiger partial charge in [0.15, 0.2) is 0 Å². The molecule has 0 radical (unpaired) electrons. The molecule has 2 aromatic rings. The van der Waals surface area contributed by atoms with Gasteiger partial charge in [0.25, 0.3) is 0 Å². The molecular formula is C13H14N4O. The van der Waals surface area contributed by atoms with Crippen molar-refractivity contribution in [1.29, 1.82) is 5.26 Å². The lowest BCUT2D eigenvalue weighted by Gasteiger charge is -2.08. The van der Waals surface area contributed by atoms with Crippen molar-refractivity contribution in [2.45, 2.75) is 20.4 Å². The maximum atomic E-state index is 8.72. The minimum absolute atomic E-state index is 0.541. The summed E-state index contributed by atoms with van der Waals surface area (Å²) >= 11 is 0. The molecule has 1 aromatic heterocycles. The zero-order valence-corrected chi connectivity index (χ0v) is 10.3. The summed E-state index contributed by atoms with van der Waals surface area (Å²) in [5.74, 6) is 1.18. The number of hydrogen-bond acceptors (Lipinski definition) is 4. The summed E-state index contributed by atoms with van der Waals surface area (Å²) in [6.45, 7) is 4.49. The van der Waals surface area contributed by atoms with Crippen molar-refractivity contribution in [2.24, 2.45) is 0 Å². The van der Waals surface area contributed by atoms with Crippen LogP contribution in [0.25, 0.3) is 0 Å². The highest BCUT2D eigenvalue weighted by Gasteiger charge is 2.13. The number of ether oxygens (including phenoxy) is 1. The van der Waals surface area contributed by atoms with Crippen LogP contribution in [0, 0.1) is 18.3 Å². The number of hydrogen-bond donors (Lipinski definition) is 1. The Morgan fingerprint density at radius 1 is 1.39 bits per heavy atom. The summed E-state index contributed by atoms with van der Waals surface area (Å²) < 4.78 is 7.43. The Balaban J connectivity index is 2.30. The average Bonchev–Trinajstić information content (AvgIpc) is 2.67. The van der Waals surface area contributed by atoms with Crippen molar-refractivity contribution in [3.8, 4) is 17.7 Å². The van der Waals surface area contributed by atoms with Crippen molar-refractivity contribution in [1.82, 2.24) is 9.78 Å². The van der Waals surface area contributed by atoms with Crippen LogP contribution in [-0.4, -0.2) is 9.78 Å². The Kier molecular flexibility index (Phi) is 3.20. The summed E-state index contributed by atoms with van der Waals surface area (Å²) in [6.07, 6.45) is 0. The zero-order valence-electron chi connectivity index (χ0n) is 10.3. The summed E-state index contributed by atoms with van der Waals surface area (Å²) in [4.78, 5) is 0. The third-order valence-corrected chi connectivity index (χ3v) is 2.62. The van der Waals surface area contributed by atoms with Gasteiger partial charge in [-0.25, -0.2) is 4.68 Å². The molecule has 0 aliphatic carbocycles. The van der Waals surface area contributed by atoms with Crippen LogP contribution in [-0.2, 0) is 6.54 Å². The first-order chi connectivity index (χ1) is 8.65. The van der Waals surface area contributed by atoms with E-state index in [0.717, 1.165) is 5.69 Å². The normalized spacial score (nSPS) is 10.1. The maximum absolute atomic E-state index is 8.72. The largest absolute Gasteiger partial charge is 0.437 e. The van der Waals surface area contributed by atoms with E-state index in [4.69, 9.17) is 15.7 Å². The molecule has 0 bridgehead atoms. The summed E-state index contributed by atoms with van der Waals surface area (Å²) in [6, 6.07) is 8.93. The van der Waals surface area contributed by atoms with E-state index < -0.39 is 0 Å². The van der Waals surface area contributed by atoms with Crippen LogP contribution in [0.4, 0.5) is 5.69 Å². The number of nitrogens with two attached hydrogens (primary N) is 1. The van der Waals surface area contributed by atoms with Gasteiger partial charge in [-0.15, -0.1) is 0 Å². The smallest absolute Gasteiger partial charge is 0.241 e. The second-order valence-electron chi connectivity index (χ2n) is 3.86. The molecule has 0 atom stereocenters. The topological polar surface area (TPSA) is 76.9 Å². The SMILES string of the molecule is CCn1nc(C)c(N)c1Oc1ccc(C#N)cc1. The molecular weight excluding hydrogens is 228 g/mol. The van der Waals surface area contributed by atoms with Crippen LogP contribution in [0.5, 0.6) is 11.6 Å². The quantitative estimate of drug-likeness (QED) is 0.896. The molecule has 0 saturated carbocycles. The van der Waals surface area contributed by atoms with E-state index in [1.807, 2.05) is 13.8 Å². The summed E-state index contributed by atoms with van der Waals surface area (Å²) in [5, 5.41) is 13.0. The van der Waals surface area contributed by atoms with Crippen LogP contribution in [0.2, 0.25) is 0 Å². The summed E-state index contributed by atoms with van der Waals surface area (Å²) in [7, 11) is 0. The summed E-state index contributed by atoms with van der Waals surface area (Å²) in [5.41, 5.74) is 7.81. The third-order valence-electron chi connectivity index (χ3n) is 2.62. The lowest BCUT2D eigenvalue weighted by Crippen LogP contribution is -2.00. The molecule has 2 rings (SSSR count). The van der Waals surface area contributed by atoms with Crippen LogP contribution in [0.15, 0.2) is 24.3 Å². The van der Waals surface area contributed by atoms with Crippen LogP contribution in [0.3, 0.4) is 0 Å². The molecule has 0 fully saturated rings. The fourth-order valence-corrected chi connectivity index (χ4v) is 1.61. The van der Waals surface area contributed by atoms with E-state index in [1.165, 1.54) is 0 Å². The van der Waals surface area contributed by atoms with E-state index in [9.17, 15) is 0 Å². The Bertz CT molecular complexity index is 593. The van der Waals surface area contributed by atoms with Gasteiger partial charge < -0.3 is 10.5 Å². The van der Waals surface area contributed by atoms with E-state index in [0.29, 0.717) is 29.4 Å². The first kappa shape index (κ1) is 12.0. The zero-order chi connectivity index (χ0) is 13.1. The number of aryl methyl sites for hydroxylation is 2. The Labute approximate surface area is 105 Å². The molecule has 0 aliphatic rings. The molecule has 0 unspecified atom stereocenters. The van der Waals surface area contributed by atoms with Gasteiger partial charge in [-0.05, 0) is 38.1 Å². The lowest BCUT2D eigenvalue weighted by atomic mass is 10.2. The van der Waals surface area contributed by atoms with Gasteiger partial charge in [0.05, 0.1) is 17.3 Å². The molecule has 0 aliphatic heterocycles. The fraction of sp³-hybridized carbons (Fsp3) is 0.231. The van der Waals surface area contributed by atoms with Crippen molar-refractivity contribution >= 4 is 5.69 Å². The van der Waals surface area contributed by atoms with Gasteiger partial charge in [-0.1, -0.05) is 0 Å². The van der Waals surface area contributed by atoms with Crippen LogP contribution >= 0.6 is 0 Å². The second kappa shape index (κ2) is 4.80. The molecule has 92 valence electrons. The number of benzene rings is 1. The first-order valence-electron chi connectivity index (χ1n) is 5.66. The minimum atomic E-state index is 0.541. The molecule has 0 spiro atoms.